The molecule has 2 atom stereocenters. The van der Waals surface area contributed by atoms with E-state index in [4.69, 9.17) is 19.3 Å². The maximum Gasteiger partial charge on any atom is 0.510 e. The monoisotopic (exact) mass is 603 g/mol. The van der Waals surface area contributed by atoms with Crippen LogP contribution < -0.4 is 15.2 Å². The Morgan fingerprint density at radius 3 is 2.69 bits per heavy atom. The van der Waals surface area contributed by atoms with Crippen molar-refractivity contribution in [2.24, 2.45) is 0 Å². The molecule has 0 aliphatic carbocycles. The third-order valence-electron chi connectivity index (χ3n) is 7.08. The number of halogens is 2. The van der Waals surface area contributed by atoms with Crippen molar-refractivity contribution in [1.29, 1.82) is 0 Å². The maximum absolute atomic E-state index is 15.3. The van der Waals surface area contributed by atoms with Crippen LogP contribution in [0.1, 0.15) is 33.2 Å². The van der Waals surface area contributed by atoms with E-state index in [9.17, 15) is 18.8 Å². The molecular weight excluding hydrogens is 576 g/mol. The van der Waals surface area contributed by atoms with Gasteiger partial charge < -0.3 is 29.0 Å². The topological polar surface area (TPSA) is 120 Å². The van der Waals surface area contributed by atoms with E-state index < -0.39 is 48.1 Å². The molecule has 0 radical (unpaired) electrons. The van der Waals surface area contributed by atoms with Crippen LogP contribution in [0.3, 0.4) is 0 Å². The molecule has 6 rings (SSSR count). The van der Waals surface area contributed by atoms with Crippen molar-refractivity contribution in [1.82, 2.24) is 9.58 Å². The fourth-order valence-corrected chi connectivity index (χ4v) is 6.42. The summed E-state index contributed by atoms with van der Waals surface area (Å²) in [5.41, 5.74) is 0.815. The number of hydrogen-bond donors (Lipinski definition) is 1. The van der Waals surface area contributed by atoms with Gasteiger partial charge in [0.05, 0.1) is 26.4 Å². The number of ether oxygens (including phenoxy) is 4. The molecule has 4 heterocycles. The fourth-order valence-electron chi connectivity index (χ4n) is 5.31. The van der Waals surface area contributed by atoms with E-state index in [0.29, 0.717) is 5.56 Å². The number of nitrogens with zero attached hydrogens (tertiary/aromatic N) is 3. The molecule has 222 valence electrons. The molecule has 0 spiro atoms. The second-order valence-corrected chi connectivity index (χ2v) is 10.2. The van der Waals surface area contributed by atoms with Crippen molar-refractivity contribution in [3.8, 4) is 5.75 Å². The van der Waals surface area contributed by atoms with Gasteiger partial charge in [-0.1, -0.05) is 24.3 Å². The molecule has 1 amide bonds. The molecule has 1 fully saturated rings. The van der Waals surface area contributed by atoms with Gasteiger partial charge in [-0.25, -0.2) is 13.6 Å². The summed E-state index contributed by atoms with van der Waals surface area (Å²) in [4.78, 5) is 40.6. The minimum absolute atomic E-state index is 0.0994. The molecule has 3 aromatic rings. The van der Waals surface area contributed by atoms with Crippen LogP contribution in [-0.2, 0) is 20.0 Å². The Kier molecular flexibility index (Phi) is 8.66. The maximum atomic E-state index is 15.3. The van der Waals surface area contributed by atoms with E-state index in [-0.39, 0.29) is 42.5 Å². The fraction of sp³-hybridized carbons (Fsp3) is 0.321. The zero-order chi connectivity index (χ0) is 30.0. The molecule has 42 heavy (non-hydrogen) atoms. The van der Waals surface area contributed by atoms with Crippen LogP contribution in [0, 0.1) is 11.6 Å². The number of aliphatic hydroxyl groups is 1. The number of thioether (sulfide) groups is 1. The minimum atomic E-state index is -1.02. The molecule has 2 aromatic carbocycles. The molecule has 14 heteroatoms. The molecule has 1 aromatic heterocycles. The van der Waals surface area contributed by atoms with Gasteiger partial charge in [0.15, 0.2) is 17.3 Å². The Balaban J connectivity index is 0.00000173. The lowest BCUT2D eigenvalue weighted by molar-refractivity contribution is -0.0209. The zero-order valence-corrected chi connectivity index (χ0v) is 23.4. The van der Waals surface area contributed by atoms with Crippen molar-refractivity contribution >= 4 is 23.8 Å². The van der Waals surface area contributed by atoms with Crippen molar-refractivity contribution < 1.29 is 42.4 Å². The largest absolute Gasteiger partial charge is 0.510 e. The first-order valence-corrected chi connectivity index (χ1v) is 13.8. The van der Waals surface area contributed by atoms with E-state index >= 15 is 4.39 Å². The Morgan fingerprint density at radius 2 is 1.90 bits per heavy atom. The van der Waals surface area contributed by atoms with Gasteiger partial charge >= 0.3 is 6.16 Å². The Bertz CT molecular complexity index is 1570. The highest BCUT2D eigenvalue weighted by Crippen LogP contribution is 2.45. The predicted molar refractivity (Wildman–Crippen MR) is 146 cm³/mol. The SMILES string of the molecule is CO.COC(=O)OCOc1c2n(ccc1=O)N([C@@H]1c3ccccc3SCc3c1ccc(F)c3F)[C@@H]1COCCN1C2=O. The average molecular weight is 604 g/mol. The normalized spacial score (nSPS) is 18.7. The van der Waals surface area contributed by atoms with Crippen LogP contribution in [0.25, 0.3) is 0 Å². The van der Waals surface area contributed by atoms with E-state index in [2.05, 4.69) is 4.74 Å². The van der Waals surface area contributed by atoms with Crippen LogP contribution in [0.4, 0.5) is 13.6 Å². The second kappa shape index (κ2) is 12.4. The molecule has 1 saturated heterocycles. The van der Waals surface area contributed by atoms with Gasteiger partial charge in [0.25, 0.3) is 5.91 Å². The van der Waals surface area contributed by atoms with Crippen LogP contribution in [0.15, 0.2) is 58.4 Å². The number of rotatable bonds is 4. The number of carbonyl (C=O) groups excluding carboxylic acids is 2. The number of amides is 1. The van der Waals surface area contributed by atoms with Gasteiger partial charge in [-0.15, -0.1) is 11.8 Å². The summed E-state index contributed by atoms with van der Waals surface area (Å²) < 4.78 is 51.7. The summed E-state index contributed by atoms with van der Waals surface area (Å²) in [5.74, 6) is -2.51. The van der Waals surface area contributed by atoms with Gasteiger partial charge in [0, 0.05) is 42.1 Å². The summed E-state index contributed by atoms with van der Waals surface area (Å²) in [6.07, 6.45) is -0.238. The van der Waals surface area contributed by atoms with Crippen molar-refractivity contribution in [2.75, 3.05) is 45.8 Å². The molecule has 3 aliphatic heterocycles. The molecule has 3 aliphatic rings. The molecule has 0 saturated carbocycles. The highest BCUT2D eigenvalue weighted by molar-refractivity contribution is 7.98. The summed E-state index contributed by atoms with van der Waals surface area (Å²) in [6, 6.07) is 10.7. The van der Waals surface area contributed by atoms with E-state index in [0.717, 1.165) is 30.7 Å². The third-order valence-corrected chi connectivity index (χ3v) is 8.20. The first-order chi connectivity index (χ1) is 20.4. The van der Waals surface area contributed by atoms with Crippen molar-refractivity contribution in [3.05, 3.63) is 92.9 Å². The zero-order valence-electron chi connectivity index (χ0n) is 22.6. The lowest BCUT2D eigenvalue weighted by Crippen LogP contribution is -2.66. The Morgan fingerprint density at radius 1 is 1.12 bits per heavy atom. The number of morpholine rings is 1. The molecule has 0 unspecified atom stereocenters. The quantitative estimate of drug-likeness (QED) is 0.352. The Hall–Kier alpha value is -4.14. The van der Waals surface area contributed by atoms with E-state index in [1.807, 2.05) is 29.3 Å². The predicted octanol–water partition coefficient (Wildman–Crippen LogP) is 3.00. The van der Waals surface area contributed by atoms with Gasteiger partial charge in [-0.3, -0.25) is 19.3 Å². The van der Waals surface area contributed by atoms with Gasteiger partial charge in [-0.05, 0) is 23.3 Å². The number of benzene rings is 2. The number of carbonyl (C=O) groups is 2. The van der Waals surface area contributed by atoms with Crippen LogP contribution in [0.5, 0.6) is 5.75 Å². The van der Waals surface area contributed by atoms with Gasteiger partial charge in [0.1, 0.15) is 6.17 Å². The van der Waals surface area contributed by atoms with Gasteiger partial charge in [-0.2, -0.15) is 0 Å². The third kappa shape index (κ3) is 5.05. The van der Waals surface area contributed by atoms with Crippen molar-refractivity contribution in [3.63, 3.8) is 0 Å². The lowest BCUT2D eigenvalue weighted by Gasteiger charge is -2.51. The first kappa shape index (κ1) is 29.4. The minimum Gasteiger partial charge on any atom is -0.451 e. The molecule has 0 bridgehead atoms. The summed E-state index contributed by atoms with van der Waals surface area (Å²) in [7, 11) is 2.12. The number of hydrogen-bond acceptors (Lipinski definition) is 10. The highest BCUT2D eigenvalue weighted by atomic mass is 32.2. The number of fused-ring (bicyclic) bond motifs is 4. The summed E-state index contributed by atoms with van der Waals surface area (Å²) in [6.45, 7) is -0.0595. The van der Waals surface area contributed by atoms with Crippen LogP contribution in [-0.4, -0.2) is 73.7 Å². The molecule has 1 N–H and O–H groups in total. The van der Waals surface area contributed by atoms with Crippen LogP contribution in [0.2, 0.25) is 0 Å². The standard InChI is InChI=1S/C27H23F2N3O7S.CH4O/c1-36-27(35)39-14-38-25-19(33)8-9-31-24(25)26(34)30-10-11-37-12-21(30)32(31)23-15-6-7-18(28)22(29)17(15)13-40-20-5-3-2-4-16(20)23;1-2/h2-9,21,23H,10-14H2,1H3;2H,1H3/t21-,23+;/m1./s1. The lowest BCUT2D eigenvalue weighted by atomic mass is 9.93. The summed E-state index contributed by atoms with van der Waals surface area (Å²) in [5, 5.41) is 8.82. The average Bonchev–Trinajstić information content (AvgIpc) is 3.18. The number of methoxy groups -OCH3 is 1. The summed E-state index contributed by atoms with van der Waals surface area (Å²) >= 11 is 1.39. The number of aromatic nitrogens is 1. The Labute approximate surface area is 243 Å². The molecule has 11 nitrogen and oxygen atoms in total. The highest BCUT2D eigenvalue weighted by Gasteiger charge is 2.46. The van der Waals surface area contributed by atoms with Gasteiger partial charge in [0.2, 0.25) is 18.0 Å². The molecular formula is C28H27F2N3O8S. The second-order valence-electron chi connectivity index (χ2n) is 9.16. The number of aliphatic hydroxyl groups excluding tert-OH is 1. The number of pyridine rings is 1. The van der Waals surface area contributed by atoms with E-state index in [1.165, 1.54) is 28.7 Å². The smallest absolute Gasteiger partial charge is 0.451 e. The first-order valence-electron chi connectivity index (χ1n) is 12.8. The van der Waals surface area contributed by atoms with Crippen molar-refractivity contribution in [2.45, 2.75) is 22.9 Å². The van der Waals surface area contributed by atoms with E-state index in [1.54, 1.807) is 11.0 Å². The van der Waals surface area contributed by atoms with Crippen LogP contribution >= 0.6 is 11.8 Å².